The van der Waals surface area contributed by atoms with Crippen LogP contribution in [0.15, 0.2) is 42.7 Å². The van der Waals surface area contributed by atoms with Gasteiger partial charge in [-0.25, -0.2) is 14.8 Å². The van der Waals surface area contributed by atoms with Gasteiger partial charge in [0.1, 0.15) is 16.6 Å². The lowest BCUT2D eigenvalue weighted by molar-refractivity contribution is 0.155. The topological polar surface area (TPSA) is 69.0 Å². The fraction of sp³-hybridized carbons (Fsp3) is 0.227. The summed E-state index contributed by atoms with van der Waals surface area (Å²) in [6.45, 7) is 6.95. The maximum atomic E-state index is 12.3. The number of aryl methyl sites for hydroxylation is 3. The Labute approximate surface area is 183 Å². The van der Waals surface area contributed by atoms with E-state index in [1.54, 1.807) is 0 Å². The van der Waals surface area contributed by atoms with E-state index in [4.69, 9.17) is 16.3 Å². The Bertz CT molecular complexity index is 1230. The first-order chi connectivity index (χ1) is 14.4. The van der Waals surface area contributed by atoms with Gasteiger partial charge in [0.2, 0.25) is 0 Å². The molecule has 0 saturated carbocycles. The Morgan fingerprint density at radius 3 is 2.83 bits per heavy atom. The molecule has 0 bridgehead atoms. The zero-order chi connectivity index (χ0) is 21.3. The highest BCUT2D eigenvalue weighted by Crippen LogP contribution is 2.34. The number of amides is 1. The van der Waals surface area contributed by atoms with Crippen LogP contribution < -0.4 is 5.32 Å². The molecule has 1 amide bonds. The Morgan fingerprint density at radius 1 is 1.23 bits per heavy atom. The Morgan fingerprint density at radius 2 is 2.07 bits per heavy atom. The molecule has 154 valence electrons. The van der Waals surface area contributed by atoms with Gasteiger partial charge in [-0.05, 0) is 56.2 Å². The SMILES string of the molecule is CCn1cnc2cc(COC(=O)Nc3sc(-c4ccc(Cl)cc4C)nc3C)ccc21. The molecule has 4 rings (SSSR count). The van der Waals surface area contributed by atoms with Crippen LogP contribution in [0.3, 0.4) is 0 Å². The molecular formula is C22H21ClN4O2S. The molecule has 0 aliphatic carbocycles. The van der Waals surface area contributed by atoms with Gasteiger partial charge in [0.25, 0.3) is 0 Å². The maximum absolute atomic E-state index is 12.3. The molecule has 0 spiro atoms. The molecule has 0 aliphatic rings. The molecule has 30 heavy (non-hydrogen) atoms. The average molecular weight is 441 g/mol. The van der Waals surface area contributed by atoms with E-state index in [2.05, 4.69) is 26.8 Å². The number of benzene rings is 2. The minimum atomic E-state index is -0.514. The average Bonchev–Trinajstić information content (AvgIpc) is 3.29. The van der Waals surface area contributed by atoms with Gasteiger partial charge in [0.05, 0.1) is 23.1 Å². The molecule has 0 unspecified atom stereocenters. The number of thiazole rings is 1. The number of carbonyl (C=O) groups excluding carboxylic acids is 1. The molecule has 0 atom stereocenters. The van der Waals surface area contributed by atoms with Crippen LogP contribution in [0.2, 0.25) is 5.02 Å². The van der Waals surface area contributed by atoms with E-state index in [1.807, 2.05) is 56.6 Å². The summed E-state index contributed by atoms with van der Waals surface area (Å²) in [5.41, 5.74) is 5.61. The van der Waals surface area contributed by atoms with Gasteiger partial charge in [0.15, 0.2) is 0 Å². The van der Waals surface area contributed by atoms with Crippen molar-refractivity contribution < 1.29 is 9.53 Å². The number of imidazole rings is 1. The lowest BCUT2D eigenvalue weighted by Gasteiger charge is -2.06. The quantitative estimate of drug-likeness (QED) is 0.401. The van der Waals surface area contributed by atoms with Crippen molar-refractivity contribution in [3.63, 3.8) is 0 Å². The van der Waals surface area contributed by atoms with Crippen molar-refractivity contribution in [2.24, 2.45) is 0 Å². The lowest BCUT2D eigenvalue weighted by Crippen LogP contribution is -2.13. The van der Waals surface area contributed by atoms with E-state index in [9.17, 15) is 4.79 Å². The third kappa shape index (κ3) is 4.17. The first-order valence-electron chi connectivity index (χ1n) is 9.56. The highest BCUT2D eigenvalue weighted by Gasteiger charge is 2.14. The molecule has 2 aromatic heterocycles. The number of nitrogens with zero attached hydrogens (tertiary/aromatic N) is 3. The molecule has 0 radical (unpaired) electrons. The molecule has 2 heterocycles. The summed E-state index contributed by atoms with van der Waals surface area (Å²) in [6, 6.07) is 11.6. The number of hydrogen-bond donors (Lipinski definition) is 1. The van der Waals surface area contributed by atoms with Gasteiger partial charge in [-0.3, -0.25) is 5.32 Å². The first kappa shape index (κ1) is 20.4. The fourth-order valence-electron chi connectivity index (χ4n) is 3.22. The molecule has 0 saturated heterocycles. The zero-order valence-electron chi connectivity index (χ0n) is 16.9. The van der Waals surface area contributed by atoms with Crippen LogP contribution in [0.4, 0.5) is 9.80 Å². The van der Waals surface area contributed by atoms with Gasteiger partial charge in [0, 0.05) is 17.1 Å². The smallest absolute Gasteiger partial charge is 0.412 e. The van der Waals surface area contributed by atoms with Crippen LogP contribution >= 0.6 is 22.9 Å². The zero-order valence-corrected chi connectivity index (χ0v) is 18.5. The second-order valence-electron chi connectivity index (χ2n) is 6.95. The number of rotatable bonds is 5. The number of anilines is 1. The van der Waals surface area contributed by atoms with E-state index in [0.29, 0.717) is 10.0 Å². The molecular weight excluding hydrogens is 420 g/mol. The molecule has 8 heteroatoms. The largest absolute Gasteiger partial charge is 0.444 e. The predicted octanol–water partition coefficient (Wildman–Crippen LogP) is 6.20. The number of hydrogen-bond acceptors (Lipinski definition) is 5. The highest BCUT2D eigenvalue weighted by atomic mass is 35.5. The number of halogens is 1. The third-order valence-corrected chi connectivity index (χ3v) is 6.17. The summed E-state index contributed by atoms with van der Waals surface area (Å²) in [5, 5.41) is 4.98. The molecule has 0 fully saturated rings. The number of aromatic nitrogens is 3. The van der Waals surface area contributed by atoms with Crippen LogP contribution in [-0.2, 0) is 17.9 Å². The number of carbonyl (C=O) groups is 1. The van der Waals surface area contributed by atoms with Crippen LogP contribution in [0, 0.1) is 13.8 Å². The number of fused-ring (bicyclic) bond motifs is 1. The summed E-state index contributed by atoms with van der Waals surface area (Å²) in [4.78, 5) is 21.3. The van der Waals surface area contributed by atoms with Crippen LogP contribution in [0.25, 0.3) is 21.6 Å². The normalized spacial score (nSPS) is 11.1. The molecule has 4 aromatic rings. The molecule has 2 aromatic carbocycles. The second-order valence-corrected chi connectivity index (χ2v) is 8.38. The second kappa shape index (κ2) is 8.45. The lowest BCUT2D eigenvalue weighted by atomic mass is 10.1. The predicted molar refractivity (Wildman–Crippen MR) is 121 cm³/mol. The summed E-state index contributed by atoms with van der Waals surface area (Å²) < 4.78 is 7.47. The van der Waals surface area contributed by atoms with Crippen molar-refractivity contribution >= 4 is 45.1 Å². The Balaban J connectivity index is 1.42. The standard InChI is InChI=1S/C22H21ClN4O2S/c1-4-27-12-24-18-10-15(5-8-19(18)27)11-29-22(28)26-20-14(3)25-21(30-20)17-7-6-16(23)9-13(17)2/h5-10,12H,4,11H2,1-3H3,(H,26,28). The maximum Gasteiger partial charge on any atom is 0.412 e. The monoisotopic (exact) mass is 440 g/mol. The molecule has 6 nitrogen and oxygen atoms in total. The minimum Gasteiger partial charge on any atom is -0.444 e. The van der Waals surface area contributed by atoms with Crippen molar-refractivity contribution in [1.82, 2.24) is 14.5 Å². The van der Waals surface area contributed by atoms with Crippen molar-refractivity contribution in [3.8, 4) is 10.6 Å². The van der Waals surface area contributed by atoms with E-state index in [-0.39, 0.29) is 6.61 Å². The van der Waals surface area contributed by atoms with E-state index in [1.165, 1.54) is 11.3 Å². The van der Waals surface area contributed by atoms with Gasteiger partial charge in [-0.2, -0.15) is 0 Å². The van der Waals surface area contributed by atoms with Crippen molar-refractivity contribution in [2.75, 3.05) is 5.32 Å². The Hall–Kier alpha value is -2.90. The van der Waals surface area contributed by atoms with Crippen LogP contribution in [-0.4, -0.2) is 20.6 Å². The minimum absolute atomic E-state index is 0.168. The molecule has 1 N–H and O–H groups in total. The third-order valence-electron chi connectivity index (χ3n) is 4.83. The van der Waals surface area contributed by atoms with Gasteiger partial charge >= 0.3 is 6.09 Å². The van der Waals surface area contributed by atoms with E-state index in [0.717, 1.165) is 45.0 Å². The van der Waals surface area contributed by atoms with Crippen molar-refractivity contribution in [2.45, 2.75) is 33.9 Å². The highest BCUT2D eigenvalue weighted by molar-refractivity contribution is 7.19. The van der Waals surface area contributed by atoms with Gasteiger partial charge < -0.3 is 9.30 Å². The Kier molecular flexibility index (Phi) is 5.74. The summed E-state index contributed by atoms with van der Waals surface area (Å²) >= 11 is 7.45. The van der Waals surface area contributed by atoms with E-state index >= 15 is 0 Å². The number of ether oxygens (including phenoxy) is 1. The van der Waals surface area contributed by atoms with Crippen LogP contribution in [0.5, 0.6) is 0 Å². The van der Waals surface area contributed by atoms with Crippen LogP contribution in [0.1, 0.15) is 23.7 Å². The first-order valence-corrected chi connectivity index (χ1v) is 10.8. The summed E-state index contributed by atoms with van der Waals surface area (Å²) in [7, 11) is 0. The van der Waals surface area contributed by atoms with Crippen molar-refractivity contribution in [3.05, 3.63) is 64.6 Å². The number of nitrogens with one attached hydrogen (secondary N) is 1. The van der Waals surface area contributed by atoms with E-state index < -0.39 is 6.09 Å². The fourth-order valence-corrected chi connectivity index (χ4v) is 4.49. The summed E-state index contributed by atoms with van der Waals surface area (Å²) in [6.07, 6.45) is 1.30. The molecule has 0 aliphatic heterocycles. The van der Waals surface area contributed by atoms with Crippen molar-refractivity contribution in [1.29, 1.82) is 0 Å². The summed E-state index contributed by atoms with van der Waals surface area (Å²) in [5.74, 6) is 0. The van der Waals surface area contributed by atoms with Gasteiger partial charge in [-0.1, -0.05) is 35.1 Å². The van der Waals surface area contributed by atoms with Gasteiger partial charge in [-0.15, -0.1) is 0 Å².